The Kier molecular flexibility index (Phi) is 16.6. The summed E-state index contributed by atoms with van der Waals surface area (Å²) in [7, 11) is 3.30. The molecule has 3 aromatic rings. The van der Waals surface area contributed by atoms with Crippen LogP contribution in [-0.2, 0) is 19.9 Å². The Morgan fingerprint density at radius 2 is 1.48 bits per heavy atom. The van der Waals surface area contributed by atoms with Gasteiger partial charge in [-0.25, -0.2) is 4.79 Å². The number of hydrogen-bond acceptors (Lipinski definition) is 7. The molecule has 3 aromatic carbocycles. The van der Waals surface area contributed by atoms with Crippen LogP contribution >= 0.6 is 0 Å². The lowest BCUT2D eigenvalue weighted by atomic mass is 9.47. The van der Waals surface area contributed by atoms with Gasteiger partial charge in [0, 0.05) is 25.9 Å². The molecule has 5 aliphatic rings. The maximum atomic E-state index is 13.8. The van der Waals surface area contributed by atoms with Crippen LogP contribution in [0.2, 0.25) is 0 Å². The average molecular weight is 945 g/mol. The summed E-state index contributed by atoms with van der Waals surface area (Å²) in [5.41, 5.74) is 4.00. The standard InChI is InChI=1S/C60H84N2O7/c1-41(2)15-14-16-42(3)53-30-31-54-52-29-24-46-37-51(32-34-58(46,4)55(52)33-35-59(53,54)5)69-57(65)61-36-13-9-12-19-56(64)62-39-48(63)38-47(62)40-68-60(43-17-10-8-11-18-43,44-20-25-49(66-6)26-21-44)45-22-27-50(67-7)28-23-45/h8,10-11,17-18,20-28,41-42,47-48,51-55,63H,9,12-16,19,29-40H2,1-7H3,(H,61,65)/t42?,47?,48?,51-,52?,53?,54?,55?,58-,59+/m1/s1. The monoisotopic (exact) mass is 945 g/mol. The lowest BCUT2D eigenvalue weighted by molar-refractivity contribution is -0.134. The topological polar surface area (TPSA) is 107 Å². The Hall–Kier alpha value is -4.34. The third-order valence-electron chi connectivity index (χ3n) is 18.2. The maximum Gasteiger partial charge on any atom is 0.407 e. The van der Waals surface area contributed by atoms with Gasteiger partial charge in [0.25, 0.3) is 0 Å². The molecular formula is C60H84N2O7. The normalized spacial score (nSPS) is 29.1. The number of unbranched alkanes of at least 4 members (excludes halogenated alkanes) is 2. The van der Waals surface area contributed by atoms with E-state index in [9.17, 15) is 14.7 Å². The summed E-state index contributed by atoms with van der Waals surface area (Å²) in [4.78, 5) is 28.7. The zero-order valence-corrected chi connectivity index (χ0v) is 43.1. The number of carbonyl (C=O) groups is 2. The van der Waals surface area contributed by atoms with Gasteiger partial charge in [0.1, 0.15) is 23.2 Å². The van der Waals surface area contributed by atoms with Crippen LogP contribution in [0.1, 0.15) is 154 Å². The molecule has 4 aliphatic carbocycles. The summed E-state index contributed by atoms with van der Waals surface area (Å²) in [5, 5.41) is 13.9. The Morgan fingerprint density at radius 3 is 2.14 bits per heavy atom. The quantitative estimate of drug-likeness (QED) is 0.0660. The molecule has 9 heteroatoms. The van der Waals surface area contributed by atoms with E-state index >= 15 is 0 Å². The number of nitrogens with one attached hydrogen (secondary N) is 1. The van der Waals surface area contributed by atoms with E-state index in [1.807, 2.05) is 71.6 Å². The van der Waals surface area contributed by atoms with E-state index in [4.69, 9.17) is 18.9 Å². The van der Waals surface area contributed by atoms with Crippen molar-refractivity contribution < 1.29 is 33.6 Å². The molecule has 0 bridgehead atoms. The molecule has 1 aliphatic heterocycles. The fourth-order valence-corrected chi connectivity index (χ4v) is 14.5. The molecule has 1 heterocycles. The highest BCUT2D eigenvalue weighted by molar-refractivity contribution is 5.77. The average Bonchev–Trinajstić information content (AvgIpc) is 3.92. The van der Waals surface area contributed by atoms with Crippen molar-refractivity contribution in [2.24, 2.45) is 46.3 Å². The van der Waals surface area contributed by atoms with Gasteiger partial charge in [0.2, 0.25) is 5.91 Å². The number of aliphatic hydroxyl groups excluding tert-OH is 1. The molecule has 2 N–H and O–H groups in total. The summed E-state index contributed by atoms with van der Waals surface area (Å²) in [6.07, 6.45) is 18.4. The molecule has 3 saturated carbocycles. The Bertz CT molecular complexity index is 2130. The van der Waals surface area contributed by atoms with Gasteiger partial charge in [-0.2, -0.15) is 0 Å². The number of hydrogen-bond donors (Lipinski definition) is 2. The first kappa shape index (κ1) is 51.0. The van der Waals surface area contributed by atoms with E-state index in [0.29, 0.717) is 31.2 Å². The Balaban J connectivity index is 0.800. The molecular weight excluding hydrogens is 861 g/mol. The zero-order valence-electron chi connectivity index (χ0n) is 43.1. The van der Waals surface area contributed by atoms with Crippen LogP contribution < -0.4 is 14.8 Å². The number of carbonyl (C=O) groups excluding carboxylic acids is 2. The number of alkyl carbamates (subject to hydrolysis) is 1. The number of nitrogens with zero attached hydrogens (tertiary/aromatic N) is 1. The van der Waals surface area contributed by atoms with Crippen molar-refractivity contribution in [3.05, 3.63) is 107 Å². The predicted octanol–water partition coefficient (Wildman–Crippen LogP) is 12.7. The first-order chi connectivity index (χ1) is 33.3. The van der Waals surface area contributed by atoms with E-state index in [0.717, 1.165) is 95.8 Å². The van der Waals surface area contributed by atoms with Crippen LogP contribution in [0.3, 0.4) is 0 Å². The number of β-amino-alcohol motifs (C(OH)–C–C–N with tert-alkyl or cyclic N) is 1. The van der Waals surface area contributed by atoms with Gasteiger partial charge in [0.05, 0.1) is 33.0 Å². The molecule has 0 radical (unpaired) electrons. The van der Waals surface area contributed by atoms with Crippen molar-refractivity contribution in [1.29, 1.82) is 0 Å². The van der Waals surface area contributed by atoms with Crippen molar-refractivity contribution >= 4 is 12.0 Å². The number of amides is 2. The molecule has 8 rings (SSSR count). The summed E-state index contributed by atoms with van der Waals surface area (Å²) in [6, 6.07) is 25.6. The molecule has 4 fully saturated rings. The molecule has 9 nitrogen and oxygen atoms in total. The summed E-state index contributed by atoms with van der Waals surface area (Å²) >= 11 is 0. The molecule has 376 valence electrons. The second kappa shape index (κ2) is 22.4. The van der Waals surface area contributed by atoms with Crippen LogP contribution in [0, 0.1) is 46.3 Å². The number of ether oxygens (including phenoxy) is 4. The third-order valence-corrected chi connectivity index (χ3v) is 18.2. The highest BCUT2D eigenvalue weighted by Gasteiger charge is 2.59. The number of rotatable bonds is 20. The van der Waals surface area contributed by atoms with Crippen molar-refractivity contribution in [1.82, 2.24) is 10.2 Å². The summed E-state index contributed by atoms with van der Waals surface area (Å²) < 4.78 is 24.2. The smallest absolute Gasteiger partial charge is 0.407 e. The van der Waals surface area contributed by atoms with Gasteiger partial charge in [-0.15, -0.1) is 0 Å². The summed E-state index contributed by atoms with van der Waals surface area (Å²) in [5.74, 6) is 6.37. The van der Waals surface area contributed by atoms with Crippen LogP contribution in [0.5, 0.6) is 11.5 Å². The van der Waals surface area contributed by atoms with Gasteiger partial charge in [-0.05, 0) is 152 Å². The van der Waals surface area contributed by atoms with E-state index in [1.165, 1.54) is 51.4 Å². The highest BCUT2D eigenvalue weighted by Crippen LogP contribution is 2.67. The van der Waals surface area contributed by atoms with Crippen LogP contribution in [0.4, 0.5) is 4.79 Å². The fraction of sp³-hybridized carbons (Fsp3) is 0.633. The van der Waals surface area contributed by atoms with E-state index < -0.39 is 11.7 Å². The minimum Gasteiger partial charge on any atom is -0.497 e. The first-order valence-electron chi connectivity index (χ1n) is 26.9. The molecule has 7 unspecified atom stereocenters. The first-order valence-corrected chi connectivity index (χ1v) is 26.9. The molecule has 10 atom stereocenters. The lowest BCUT2D eigenvalue weighted by Gasteiger charge is -2.58. The number of allylic oxidation sites excluding steroid dienone is 1. The van der Waals surface area contributed by atoms with Crippen molar-refractivity contribution in [3.8, 4) is 11.5 Å². The Labute approximate surface area is 414 Å². The van der Waals surface area contributed by atoms with Crippen LogP contribution in [0.25, 0.3) is 0 Å². The van der Waals surface area contributed by atoms with E-state index in [1.54, 1.807) is 19.8 Å². The van der Waals surface area contributed by atoms with Crippen molar-refractivity contribution in [2.75, 3.05) is 33.9 Å². The van der Waals surface area contributed by atoms with Gasteiger partial charge >= 0.3 is 6.09 Å². The molecule has 1 saturated heterocycles. The SMILES string of the molecule is COc1ccc(C(OCC2CC(O)CN2C(=O)CCCCCNC(=O)O[C@@H]2CC[C@]3(C)C(=CCC4C5CCC(C(C)CCCC(C)C)[C@]5(C)CCC43)C2)(c2ccccc2)c2ccc(OC)cc2)cc1. The number of aliphatic hydroxyl groups is 1. The van der Waals surface area contributed by atoms with Gasteiger partial charge < -0.3 is 34.3 Å². The van der Waals surface area contributed by atoms with Gasteiger partial charge in [-0.3, -0.25) is 4.79 Å². The lowest BCUT2D eigenvalue weighted by Crippen LogP contribution is -2.51. The van der Waals surface area contributed by atoms with E-state index in [2.05, 4.69) is 58.1 Å². The number of methoxy groups -OCH3 is 2. The minimum absolute atomic E-state index is 0.0103. The maximum absolute atomic E-state index is 13.8. The molecule has 2 amide bonds. The second-order valence-corrected chi connectivity index (χ2v) is 22.7. The largest absolute Gasteiger partial charge is 0.497 e. The fourth-order valence-electron chi connectivity index (χ4n) is 14.5. The molecule has 0 spiro atoms. The van der Waals surface area contributed by atoms with Gasteiger partial charge in [0.15, 0.2) is 0 Å². The predicted molar refractivity (Wildman–Crippen MR) is 274 cm³/mol. The van der Waals surface area contributed by atoms with Gasteiger partial charge in [-0.1, -0.05) is 127 Å². The number of likely N-dealkylation sites (tertiary alicyclic amines) is 1. The third kappa shape index (κ3) is 11.0. The molecule has 69 heavy (non-hydrogen) atoms. The highest BCUT2D eigenvalue weighted by atomic mass is 16.6. The number of benzene rings is 3. The zero-order chi connectivity index (χ0) is 48.8. The van der Waals surface area contributed by atoms with Crippen molar-refractivity contribution in [2.45, 2.75) is 161 Å². The Morgan fingerprint density at radius 1 is 0.797 bits per heavy atom. The van der Waals surface area contributed by atoms with Crippen LogP contribution in [-0.4, -0.2) is 74.2 Å². The van der Waals surface area contributed by atoms with Crippen LogP contribution in [0.15, 0.2) is 90.5 Å². The van der Waals surface area contributed by atoms with E-state index in [-0.39, 0.29) is 42.7 Å². The minimum atomic E-state index is -1.02. The van der Waals surface area contributed by atoms with Crippen molar-refractivity contribution in [3.63, 3.8) is 0 Å². The molecule has 0 aromatic heterocycles. The second-order valence-electron chi connectivity index (χ2n) is 22.7. The number of fused-ring (bicyclic) bond motifs is 5. The summed E-state index contributed by atoms with van der Waals surface area (Å²) in [6.45, 7) is 13.5.